The number of fused-ring (bicyclic) bond motifs is 2. The Morgan fingerprint density at radius 2 is 1.42 bits per heavy atom. The van der Waals surface area contributed by atoms with Gasteiger partial charge < -0.3 is 4.74 Å². The summed E-state index contributed by atoms with van der Waals surface area (Å²) >= 11 is 6.24. The van der Waals surface area contributed by atoms with E-state index in [2.05, 4.69) is 43.3 Å². The monoisotopic (exact) mass is 368 g/mol. The summed E-state index contributed by atoms with van der Waals surface area (Å²) in [6.07, 6.45) is 10.5. The summed E-state index contributed by atoms with van der Waals surface area (Å²) in [6, 6.07) is 16.7. The average Bonchev–Trinajstić information content (AvgIpc) is 2.66. The molecule has 0 spiro atoms. The molecule has 0 saturated heterocycles. The average molecular weight is 369 g/mol. The van der Waals surface area contributed by atoms with Crippen LogP contribution in [-0.4, -0.2) is 6.61 Å². The van der Waals surface area contributed by atoms with Gasteiger partial charge in [-0.1, -0.05) is 93.8 Å². The van der Waals surface area contributed by atoms with Gasteiger partial charge in [-0.15, -0.1) is 0 Å². The van der Waals surface area contributed by atoms with Crippen LogP contribution in [0, 0.1) is 0 Å². The van der Waals surface area contributed by atoms with Gasteiger partial charge in [0.05, 0.1) is 6.61 Å². The molecule has 0 bridgehead atoms. The molecule has 0 radical (unpaired) electrons. The Kier molecular flexibility index (Phi) is 7.20. The molecule has 138 valence electrons. The van der Waals surface area contributed by atoms with Crippen molar-refractivity contribution in [2.75, 3.05) is 6.61 Å². The van der Waals surface area contributed by atoms with Crippen molar-refractivity contribution in [3.8, 4) is 5.75 Å². The first-order valence-electron chi connectivity index (χ1n) is 10.0. The summed E-state index contributed by atoms with van der Waals surface area (Å²) in [5.41, 5.74) is 0. The van der Waals surface area contributed by atoms with Crippen LogP contribution >= 0.6 is 11.6 Å². The number of hydrogen-bond acceptors (Lipinski definition) is 1. The molecular formula is C24H29ClO. The molecule has 0 unspecified atom stereocenters. The Morgan fingerprint density at radius 1 is 0.731 bits per heavy atom. The van der Waals surface area contributed by atoms with E-state index in [9.17, 15) is 0 Å². The lowest BCUT2D eigenvalue weighted by atomic mass is 10.0. The van der Waals surface area contributed by atoms with Crippen LogP contribution in [0.15, 0.2) is 48.5 Å². The van der Waals surface area contributed by atoms with Gasteiger partial charge in [0.2, 0.25) is 0 Å². The van der Waals surface area contributed by atoms with Gasteiger partial charge in [-0.3, -0.25) is 0 Å². The first-order chi connectivity index (χ1) is 12.8. The topological polar surface area (TPSA) is 9.23 Å². The second kappa shape index (κ2) is 9.83. The van der Waals surface area contributed by atoms with Gasteiger partial charge in [0.15, 0.2) is 0 Å². The van der Waals surface area contributed by atoms with E-state index in [4.69, 9.17) is 16.3 Å². The van der Waals surface area contributed by atoms with E-state index in [-0.39, 0.29) is 0 Å². The summed E-state index contributed by atoms with van der Waals surface area (Å²) in [7, 11) is 0. The molecule has 1 nitrogen and oxygen atoms in total. The Labute approximate surface area is 162 Å². The van der Waals surface area contributed by atoms with E-state index in [0.29, 0.717) is 0 Å². The number of hydrogen-bond donors (Lipinski definition) is 0. The van der Waals surface area contributed by atoms with Crippen molar-refractivity contribution in [2.24, 2.45) is 0 Å². The van der Waals surface area contributed by atoms with Crippen molar-refractivity contribution in [1.29, 1.82) is 0 Å². The Bertz CT molecular complexity index is 840. The molecule has 0 N–H and O–H groups in total. The van der Waals surface area contributed by atoms with Gasteiger partial charge in [0, 0.05) is 15.8 Å². The molecule has 0 heterocycles. The van der Waals surface area contributed by atoms with Crippen LogP contribution in [-0.2, 0) is 0 Å². The standard InChI is InChI=1S/C24H29ClO/c1-2-3-4-5-6-7-8-11-16-26-24-22-13-10-9-12-19(22)17-20-14-15-21(25)18-23(20)24/h9-10,12-15,17-18H,2-8,11,16H2,1H3. The fourth-order valence-electron chi connectivity index (χ4n) is 3.56. The second-order valence-electron chi connectivity index (χ2n) is 7.12. The van der Waals surface area contributed by atoms with Crippen molar-refractivity contribution in [2.45, 2.75) is 58.3 Å². The molecule has 0 amide bonds. The first kappa shape index (κ1) is 19.0. The van der Waals surface area contributed by atoms with Crippen LogP contribution in [0.4, 0.5) is 0 Å². The molecule has 0 atom stereocenters. The van der Waals surface area contributed by atoms with Gasteiger partial charge in [-0.05, 0) is 35.4 Å². The van der Waals surface area contributed by atoms with Crippen LogP contribution in [0.3, 0.4) is 0 Å². The lowest BCUT2D eigenvalue weighted by Gasteiger charge is -2.13. The smallest absolute Gasteiger partial charge is 0.134 e. The SMILES string of the molecule is CCCCCCCCCCOc1c2ccccc2cc2ccc(Cl)cc12. The van der Waals surface area contributed by atoms with Crippen LogP contribution in [0.2, 0.25) is 5.02 Å². The first-order valence-corrected chi connectivity index (χ1v) is 10.4. The summed E-state index contributed by atoms with van der Waals surface area (Å²) < 4.78 is 6.27. The molecule has 3 aromatic carbocycles. The highest BCUT2D eigenvalue weighted by atomic mass is 35.5. The maximum atomic E-state index is 6.27. The van der Waals surface area contributed by atoms with Crippen molar-refractivity contribution in [1.82, 2.24) is 0 Å². The maximum absolute atomic E-state index is 6.27. The number of benzene rings is 3. The number of ether oxygens (including phenoxy) is 1. The van der Waals surface area contributed by atoms with Gasteiger partial charge in [0.25, 0.3) is 0 Å². The second-order valence-corrected chi connectivity index (χ2v) is 7.55. The van der Waals surface area contributed by atoms with E-state index in [0.717, 1.165) is 29.2 Å². The Hall–Kier alpha value is -1.73. The molecule has 3 aromatic rings. The molecule has 0 aliphatic heterocycles. The van der Waals surface area contributed by atoms with E-state index in [1.807, 2.05) is 12.1 Å². The van der Waals surface area contributed by atoms with Crippen LogP contribution in [0.5, 0.6) is 5.75 Å². The lowest BCUT2D eigenvalue weighted by Crippen LogP contribution is -1.99. The Morgan fingerprint density at radius 3 is 2.23 bits per heavy atom. The minimum Gasteiger partial charge on any atom is -0.492 e. The molecule has 0 saturated carbocycles. The van der Waals surface area contributed by atoms with Gasteiger partial charge in [-0.2, -0.15) is 0 Å². The van der Waals surface area contributed by atoms with Crippen LogP contribution in [0.25, 0.3) is 21.5 Å². The highest BCUT2D eigenvalue weighted by Crippen LogP contribution is 2.36. The predicted molar refractivity (Wildman–Crippen MR) is 115 cm³/mol. The number of rotatable bonds is 10. The zero-order valence-corrected chi connectivity index (χ0v) is 16.5. The van der Waals surface area contributed by atoms with Crippen molar-refractivity contribution in [3.63, 3.8) is 0 Å². The number of halogens is 1. The maximum Gasteiger partial charge on any atom is 0.134 e. The van der Waals surface area contributed by atoms with Crippen LogP contribution < -0.4 is 4.74 Å². The fraction of sp³-hybridized carbons (Fsp3) is 0.417. The largest absolute Gasteiger partial charge is 0.492 e. The lowest BCUT2D eigenvalue weighted by molar-refractivity contribution is 0.311. The molecule has 0 aliphatic carbocycles. The third-order valence-corrected chi connectivity index (χ3v) is 5.26. The molecule has 0 aliphatic rings. The van der Waals surface area contributed by atoms with Gasteiger partial charge >= 0.3 is 0 Å². The highest BCUT2D eigenvalue weighted by molar-refractivity contribution is 6.31. The zero-order chi connectivity index (χ0) is 18.2. The summed E-state index contributed by atoms with van der Waals surface area (Å²) in [6.45, 7) is 3.03. The number of unbranched alkanes of at least 4 members (excludes halogenated alkanes) is 7. The van der Waals surface area contributed by atoms with E-state index >= 15 is 0 Å². The van der Waals surface area contributed by atoms with E-state index in [1.165, 1.54) is 61.1 Å². The molecule has 0 aromatic heterocycles. The molecular weight excluding hydrogens is 340 g/mol. The predicted octanol–water partition coefficient (Wildman–Crippen LogP) is 8.17. The van der Waals surface area contributed by atoms with E-state index < -0.39 is 0 Å². The van der Waals surface area contributed by atoms with Gasteiger partial charge in [0.1, 0.15) is 5.75 Å². The normalized spacial score (nSPS) is 11.3. The third kappa shape index (κ3) is 4.92. The minimum atomic E-state index is 0.754. The summed E-state index contributed by atoms with van der Waals surface area (Å²) in [4.78, 5) is 0. The quantitative estimate of drug-likeness (QED) is 0.259. The molecule has 3 rings (SSSR count). The van der Waals surface area contributed by atoms with Crippen molar-refractivity contribution >= 4 is 33.1 Å². The van der Waals surface area contributed by atoms with Crippen LogP contribution in [0.1, 0.15) is 58.3 Å². The summed E-state index contributed by atoms with van der Waals surface area (Å²) in [5.74, 6) is 0.976. The third-order valence-electron chi connectivity index (χ3n) is 5.02. The molecule has 0 fully saturated rings. The summed E-state index contributed by atoms with van der Waals surface area (Å²) in [5, 5.41) is 5.43. The van der Waals surface area contributed by atoms with Crippen molar-refractivity contribution < 1.29 is 4.74 Å². The minimum absolute atomic E-state index is 0.754. The molecule has 2 heteroatoms. The fourth-order valence-corrected chi connectivity index (χ4v) is 3.73. The van der Waals surface area contributed by atoms with Crippen molar-refractivity contribution in [3.05, 3.63) is 53.6 Å². The molecule has 26 heavy (non-hydrogen) atoms. The Balaban J connectivity index is 1.63. The highest BCUT2D eigenvalue weighted by Gasteiger charge is 2.09. The van der Waals surface area contributed by atoms with Gasteiger partial charge in [-0.25, -0.2) is 0 Å². The van der Waals surface area contributed by atoms with E-state index in [1.54, 1.807) is 0 Å². The zero-order valence-electron chi connectivity index (χ0n) is 15.8.